The Morgan fingerprint density at radius 2 is 1.80 bits per heavy atom. The summed E-state index contributed by atoms with van der Waals surface area (Å²) in [6.45, 7) is 0. The number of carbonyl (C=O) groups is 1. The molecule has 0 bridgehead atoms. The molecule has 0 spiro atoms. The standard InChI is InChI=1S/C16H14F2O2/c1-20-16(12-5-3-2-4-6-12)15(19)10-11-7-8-13(17)14(18)9-11/h2-9,16H,10H2,1H3. The summed E-state index contributed by atoms with van der Waals surface area (Å²) < 4.78 is 31.2. The Bertz CT molecular complexity index is 597. The van der Waals surface area contributed by atoms with E-state index in [2.05, 4.69) is 0 Å². The van der Waals surface area contributed by atoms with E-state index in [1.807, 2.05) is 18.2 Å². The average molecular weight is 276 g/mol. The fraction of sp³-hybridized carbons (Fsp3) is 0.188. The Labute approximate surface area is 116 Å². The van der Waals surface area contributed by atoms with E-state index in [4.69, 9.17) is 4.74 Å². The van der Waals surface area contributed by atoms with Crippen molar-refractivity contribution in [1.29, 1.82) is 0 Å². The van der Waals surface area contributed by atoms with Crippen LogP contribution in [0, 0.1) is 11.6 Å². The van der Waals surface area contributed by atoms with Crippen LogP contribution in [0.3, 0.4) is 0 Å². The third kappa shape index (κ3) is 3.27. The van der Waals surface area contributed by atoms with Gasteiger partial charge in [-0.05, 0) is 23.3 Å². The Morgan fingerprint density at radius 1 is 1.10 bits per heavy atom. The lowest BCUT2D eigenvalue weighted by molar-refractivity contribution is -0.128. The first-order valence-electron chi connectivity index (χ1n) is 6.16. The molecule has 2 aromatic carbocycles. The SMILES string of the molecule is COC(C(=O)Cc1ccc(F)c(F)c1)c1ccccc1. The summed E-state index contributed by atoms with van der Waals surface area (Å²) in [6, 6.07) is 12.5. The fourth-order valence-corrected chi connectivity index (χ4v) is 2.02. The minimum Gasteiger partial charge on any atom is -0.369 e. The maximum atomic E-state index is 13.1. The van der Waals surface area contributed by atoms with Crippen molar-refractivity contribution in [2.75, 3.05) is 7.11 Å². The third-order valence-corrected chi connectivity index (χ3v) is 2.99. The molecule has 0 aliphatic carbocycles. The largest absolute Gasteiger partial charge is 0.369 e. The molecule has 1 atom stereocenters. The van der Waals surface area contributed by atoms with Crippen LogP contribution in [0.5, 0.6) is 0 Å². The lowest BCUT2D eigenvalue weighted by atomic mass is 10.00. The molecule has 0 fully saturated rings. The summed E-state index contributed by atoms with van der Waals surface area (Å²) in [7, 11) is 1.45. The zero-order chi connectivity index (χ0) is 14.5. The van der Waals surface area contributed by atoms with Crippen LogP contribution in [0.15, 0.2) is 48.5 Å². The summed E-state index contributed by atoms with van der Waals surface area (Å²) in [4.78, 5) is 12.2. The number of ketones is 1. The zero-order valence-corrected chi connectivity index (χ0v) is 11.0. The van der Waals surface area contributed by atoms with E-state index in [1.54, 1.807) is 12.1 Å². The molecule has 0 radical (unpaired) electrons. The molecule has 0 N–H and O–H groups in total. The molecule has 0 amide bonds. The van der Waals surface area contributed by atoms with E-state index < -0.39 is 17.7 Å². The summed E-state index contributed by atoms with van der Waals surface area (Å²) >= 11 is 0. The highest BCUT2D eigenvalue weighted by Crippen LogP contribution is 2.20. The number of methoxy groups -OCH3 is 1. The maximum absolute atomic E-state index is 13.1. The van der Waals surface area contributed by atoms with Gasteiger partial charge in [0, 0.05) is 13.5 Å². The van der Waals surface area contributed by atoms with E-state index in [0.717, 1.165) is 17.7 Å². The Balaban J connectivity index is 2.15. The molecule has 2 rings (SSSR count). The van der Waals surface area contributed by atoms with E-state index in [1.165, 1.54) is 13.2 Å². The van der Waals surface area contributed by atoms with E-state index in [9.17, 15) is 13.6 Å². The molecule has 4 heteroatoms. The molecular formula is C16H14F2O2. The number of carbonyl (C=O) groups excluding carboxylic acids is 1. The lowest BCUT2D eigenvalue weighted by Gasteiger charge is -2.14. The van der Waals surface area contributed by atoms with Crippen LogP contribution in [-0.4, -0.2) is 12.9 Å². The first kappa shape index (κ1) is 14.3. The second-order valence-electron chi connectivity index (χ2n) is 4.42. The molecule has 0 aromatic heterocycles. The third-order valence-electron chi connectivity index (χ3n) is 2.99. The monoisotopic (exact) mass is 276 g/mol. The van der Waals surface area contributed by atoms with Gasteiger partial charge < -0.3 is 4.74 Å². The van der Waals surface area contributed by atoms with Crippen molar-refractivity contribution in [3.63, 3.8) is 0 Å². The summed E-state index contributed by atoms with van der Waals surface area (Å²) in [5, 5.41) is 0. The zero-order valence-electron chi connectivity index (χ0n) is 11.0. The highest BCUT2D eigenvalue weighted by atomic mass is 19.2. The smallest absolute Gasteiger partial charge is 0.170 e. The predicted molar refractivity (Wildman–Crippen MR) is 71.3 cm³/mol. The van der Waals surface area contributed by atoms with Gasteiger partial charge in [0.2, 0.25) is 0 Å². The second-order valence-corrected chi connectivity index (χ2v) is 4.42. The number of ether oxygens (including phenoxy) is 1. The quantitative estimate of drug-likeness (QED) is 0.836. The molecule has 0 aliphatic rings. The van der Waals surface area contributed by atoms with Crippen LogP contribution < -0.4 is 0 Å². The van der Waals surface area contributed by atoms with Gasteiger partial charge in [-0.1, -0.05) is 36.4 Å². The average Bonchev–Trinajstić information content (AvgIpc) is 2.45. The van der Waals surface area contributed by atoms with Gasteiger partial charge in [-0.25, -0.2) is 8.78 Å². The van der Waals surface area contributed by atoms with Crippen LogP contribution in [0.4, 0.5) is 8.78 Å². The van der Waals surface area contributed by atoms with Crippen molar-refractivity contribution in [1.82, 2.24) is 0 Å². The summed E-state index contributed by atoms with van der Waals surface area (Å²) in [5.74, 6) is -2.08. The van der Waals surface area contributed by atoms with Gasteiger partial charge >= 0.3 is 0 Å². The lowest BCUT2D eigenvalue weighted by Crippen LogP contribution is -2.17. The fourth-order valence-electron chi connectivity index (χ4n) is 2.02. The van der Waals surface area contributed by atoms with Crippen LogP contribution in [0.1, 0.15) is 17.2 Å². The van der Waals surface area contributed by atoms with Crippen molar-refractivity contribution < 1.29 is 18.3 Å². The van der Waals surface area contributed by atoms with E-state index in [0.29, 0.717) is 5.56 Å². The van der Waals surface area contributed by atoms with Crippen molar-refractivity contribution >= 4 is 5.78 Å². The molecule has 0 saturated heterocycles. The number of hydrogen-bond acceptors (Lipinski definition) is 2. The number of rotatable bonds is 5. The molecule has 0 heterocycles. The topological polar surface area (TPSA) is 26.3 Å². The van der Waals surface area contributed by atoms with E-state index >= 15 is 0 Å². The highest BCUT2D eigenvalue weighted by Gasteiger charge is 2.20. The van der Waals surface area contributed by atoms with Gasteiger partial charge in [0.25, 0.3) is 0 Å². The molecule has 0 saturated carbocycles. The second kappa shape index (κ2) is 6.39. The van der Waals surface area contributed by atoms with E-state index in [-0.39, 0.29) is 12.2 Å². The van der Waals surface area contributed by atoms with Gasteiger partial charge in [0.15, 0.2) is 17.4 Å². The summed E-state index contributed by atoms with van der Waals surface area (Å²) in [6.07, 6.45) is -0.714. The summed E-state index contributed by atoms with van der Waals surface area (Å²) in [5.41, 5.74) is 1.16. The van der Waals surface area contributed by atoms with Crippen LogP contribution in [0.2, 0.25) is 0 Å². The molecule has 0 aliphatic heterocycles. The van der Waals surface area contributed by atoms with Crippen molar-refractivity contribution in [2.24, 2.45) is 0 Å². The molecular weight excluding hydrogens is 262 g/mol. The Morgan fingerprint density at radius 3 is 2.40 bits per heavy atom. The van der Waals surface area contributed by atoms with Crippen molar-refractivity contribution in [3.05, 3.63) is 71.3 Å². The van der Waals surface area contributed by atoms with Crippen molar-refractivity contribution in [2.45, 2.75) is 12.5 Å². The molecule has 20 heavy (non-hydrogen) atoms. The number of hydrogen-bond donors (Lipinski definition) is 0. The first-order chi connectivity index (χ1) is 9.61. The van der Waals surface area contributed by atoms with Crippen LogP contribution in [0.25, 0.3) is 0 Å². The van der Waals surface area contributed by atoms with Gasteiger partial charge in [-0.15, -0.1) is 0 Å². The van der Waals surface area contributed by atoms with Gasteiger partial charge in [0.1, 0.15) is 6.10 Å². The van der Waals surface area contributed by atoms with Gasteiger partial charge in [-0.2, -0.15) is 0 Å². The highest BCUT2D eigenvalue weighted by molar-refractivity contribution is 5.86. The number of halogens is 2. The number of Topliss-reactive ketones (excluding diaryl/α,β-unsaturated/α-hetero) is 1. The van der Waals surface area contributed by atoms with Gasteiger partial charge in [0.05, 0.1) is 0 Å². The first-order valence-corrected chi connectivity index (χ1v) is 6.16. The predicted octanol–water partition coefficient (Wildman–Crippen LogP) is 3.46. The minimum atomic E-state index is -0.955. The van der Waals surface area contributed by atoms with Gasteiger partial charge in [-0.3, -0.25) is 4.79 Å². The van der Waals surface area contributed by atoms with Crippen LogP contribution >= 0.6 is 0 Å². The molecule has 104 valence electrons. The molecule has 2 nitrogen and oxygen atoms in total. The molecule has 2 aromatic rings. The minimum absolute atomic E-state index is 0.00932. The Hall–Kier alpha value is -2.07. The normalized spacial score (nSPS) is 12.2. The van der Waals surface area contributed by atoms with Crippen LogP contribution in [-0.2, 0) is 16.0 Å². The Kier molecular flexibility index (Phi) is 4.58. The molecule has 1 unspecified atom stereocenters. The maximum Gasteiger partial charge on any atom is 0.170 e. The number of benzene rings is 2. The van der Waals surface area contributed by atoms with Crippen molar-refractivity contribution in [3.8, 4) is 0 Å².